The lowest BCUT2D eigenvalue weighted by atomic mass is 10.1. The van der Waals surface area contributed by atoms with Crippen molar-refractivity contribution < 1.29 is 9.26 Å². The third kappa shape index (κ3) is 2.80. The molecule has 6 heteroatoms. The van der Waals surface area contributed by atoms with E-state index in [1.54, 1.807) is 12.4 Å². The summed E-state index contributed by atoms with van der Waals surface area (Å²) in [4.78, 5) is 8.49. The molecule has 2 aromatic heterocycles. The van der Waals surface area contributed by atoms with Gasteiger partial charge in [0.1, 0.15) is 0 Å². The number of nitrogens with one attached hydrogen (secondary N) is 1. The van der Waals surface area contributed by atoms with Crippen LogP contribution >= 0.6 is 0 Å². The van der Waals surface area contributed by atoms with Crippen LogP contribution in [-0.2, 0) is 11.2 Å². The molecule has 0 spiro atoms. The van der Waals surface area contributed by atoms with Gasteiger partial charge in [-0.3, -0.25) is 4.98 Å². The number of morpholine rings is 1. The van der Waals surface area contributed by atoms with E-state index in [9.17, 15) is 0 Å². The summed E-state index contributed by atoms with van der Waals surface area (Å²) in [5, 5.41) is 7.40. The third-order valence-electron chi connectivity index (χ3n) is 3.15. The molecule has 19 heavy (non-hydrogen) atoms. The van der Waals surface area contributed by atoms with Gasteiger partial charge in [0, 0.05) is 37.0 Å². The number of rotatable bonds is 3. The van der Waals surface area contributed by atoms with E-state index in [0.717, 1.165) is 24.3 Å². The Bertz CT molecular complexity index is 549. The van der Waals surface area contributed by atoms with Gasteiger partial charge in [-0.05, 0) is 18.6 Å². The normalized spacial score (nSPS) is 19.5. The lowest BCUT2D eigenvalue weighted by Crippen LogP contribution is -2.42. The minimum absolute atomic E-state index is 0.251. The van der Waals surface area contributed by atoms with E-state index < -0.39 is 0 Å². The van der Waals surface area contributed by atoms with Gasteiger partial charge in [0.25, 0.3) is 0 Å². The van der Waals surface area contributed by atoms with Crippen molar-refractivity contribution in [2.45, 2.75) is 19.4 Å². The van der Waals surface area contributed by atoms with Crippen LogP contribution in [-0.4, -0.2) is 40.9 Å². The fourth-order valence-electron chi connectivity index (χ4n) is 2.13. The molecule has 0 amide bonds. The first-order valence-electron chi connectivity index (χ1n) is 6.37. The molecule has 1 saturated heterocycles. The molecule has 1 aliphatic rings. The zero-order valence-electron chi connectivity index (χ0n) is 10.8. The lowest BCUT2D eigenvalue weighted by molar-refractivity contribution is 0.0744. The van der Waals surface area contributed by atoms with Crippen molar-refractivity contribution in [3.05, 3.63) is 29.9 Å². The molecule has 100 valence electrons. The summed E-state index contributed by atoms with van der Waals surface area (Å²) in [5.74, 6) is 1.25. The fourth-order valence-corrected chi connectivity index (χ4v) is 2.13. The third-order valence-corrected chi connectivity index (χ3v) is 3.15. The van der Waals surface area contributed by atoms with Crippen molar-refractivity contribution >= 4 is 0 Å². The SMILES string of the molecule is Cc1cnccc1-c1noc(CC2COCCN2)n1. The monoisotopic (exact) mass is 260 g/mol. The molecule has 1 atom stereocenters. The molecule has 0 radical (unpaired) electrons. The quantitative estimate of drug-likeness (QED) is 0.886. The summed E-state index contributed by atoms with van der Waals surface area (Å²) in [6, 6.07) is 2.15. The Kier molecular flexibility index (Phi) is 3.52. The smallest absolute Gasteiger partial charge is 0.228 e. The lowest BCUT2D eigenvalue weighted by Gasteiger charge is -2.22. The molecule has 1 unspecified atom stereocenters. The molecule has 0 aromatic carbocycles. The Morgan fingerprint density at radius 1 is 1.47 bits per heavy atom. The summed E-state index contributed by atoms with van der Waals surface area (Å²) in [6.45, 7) is 4.30. The van der Waals surface area contributed by atoms with Crippen LogP contribution in [0.4, 0.5) is 0 Å². The molecule has 3 rings (SSSR count). The highest BCUT2D eigenvalue weighted by molar-refractivity contribution is 5.57. The Morgan fingerprint density at radius 3 is 3.21 bits per heavy atom. The predicted octanol–water partition coefficient (Wildman–Crippen LogP) is 0.971. The van der Waals surface area contributed by atoms with Gasteiger partial charge >= 0.3 is 0 Å². The predicted molar refractivity (Wildman–Crippen MR) is 68.6 cm³/mol. The van der Waals surface area contributed by atoms with Gasteiger partial charge in [-0.25, -0.2) is 0 Å². The van der Waals surface area contributed by atoms with E-state index in [1.165, 1.54) is 0 Å². The summed E-state index contributed by atoms with van der Waals surface area (Å²) >= 11 is 0. The topological polar surface area (TPSA) is 73.1 Å². The van der Waals surface area contributed by atoms with Crippen LogP contribution in [0.2, 0.25) is 0 Å². The summed E-state index contributed by atoms with van der Waals surface area (Å²) in [6.07, 6.45) is 4.22. The zero-order chi connectivity index (χ0) is 13.1. The molecule has 1 aliphatic heterocycles. The summed E-state index contributed by atoms with van der Waals surface area (Å²) < 4.78 is 10.7. The van der Waals surface area contributed by atoms with Crippen molar-refractivity contribution in [3.8, 4) is 11.4 Å². The number of pyridine rings is 1. The van der Waals surface area contributed by atoms with Crippen molar-refractivity contribution in [1.82, 2.24) is 20.4 Å². The van der Waals surface area contributed by atoms with Gasteiger partial charge in [-0.1, -0.05) is 5.16 Å². The van der Waals surface area contributed by atoms with Crippen LogP contribution in [0, 0.1) is 6.92 Å². The van der Waals surface area contributed by atoms with Crippen LogP contribution in [0.25, 0.3) is 11.4 Å². The minimum Gasteiger partial charge on any atom is -0.378 e. The van der Waals surface area contributed by atoms with E-state index >= 15 is 0 Å². The molecular weight excluding hydrogens is 244 g/mol. The van der Waals surface area contributed by atoms with Gasteiger partial charge in [-0.2, -0.15) is 4.98 Å². The van der Waals surface area contributed by atoms with E-state index in [0.29, 0.717) is 24.7 Å². The average molecular weight is 260 g/mol. The van der Waals surface area contributed by atoms with Gasteiger partial charge < -0.3 is 14.6 Å². The molecule has 0 saturated carbocycles. The second-order valence-corrected chi connectivity index (χ2v) is 4.63. The van der Waals surface area contributed by atoms with Crippen LogP contribution in [0.15, 0.2) is 23.0 Å². The zero-order valence-corrected chi connectivity index (χ0v) is 10.8. The summed E-state index contributed by atoms with van der Waals surface area (Å²) in [5.41, 5.74) is 1.99. The average Bonchev–Trinajstić information content (AvgIpc) is 2.89. The molecule has 1 fully saturated rings. The number of aryl methyl sites for hydroxylation is 1. The highest BCUT2D eigenvalue weighted by atomic mass is 16.5. The van der Waals surface area contributed by atoms with Crippen molar-refractivity contribution in [3.63, 3.8) is 0 Å². The van der Waals surface area contributed by atoms with Gasteiger partial charge in [-0.15, -0.1) is 0 Å². The van der Waals surface area contributed by atoms with Gasteiger partial charge in [0.05, 0.1) is 13.2 Å². The molecular formula is C13H16N4O2. The first-order chi connectivity index (χ1) is 9.33. The Balaban J connectivity index is 1.74. The van der Waals surface area contributed by atoms with E-state index in [4.69, 9.17) is 9.26 Å². The highest BCUT2D eigenvalue weighted by Crippen LogP contribution is 2.19. The number of aromatic nitrogens is 3. The van der Waals surface area contributed by atoms with Crippen LogP contribution in [0.3, 0.4) is 0 Å². The van der Waals surface area contributed by atoms with E-state index in [1.807, 2.05) is 13.0 Å². The fraction of sp³-hybridized carbons (Fsp3) is 0.462. The van der Waals surface area contributed by atoms with Gasteiger partial charge in [0.2, 0.25) is 11.7 Å². The maximum atomic E-state index is 5.40. The number of hydrogen-bond acceptors (Lipinski definition) is 6. The molecule has 0 bridgehead atoms. The first-order valence-corrected chi connectivity index (χ1v) is 6.37. The molecule has 0 aliphatic carbocycles. The molecule has 6 nitrogen and oxygen atoms in total. The Hall–Kier alpha value is -1.79. The number of nitrogens with zero attached hydrogens (tertiary/aromatic N) is 3. The molecule has 3 heterocycles. The van der Waals surface area contributed by atoms with Crippen molar-refractivity contribution in [2.24, 2.45) is 0 Å². The van der Waals surface area contributed by atoms with Crippen LogP contribution in [0.1, 0.15) is 11.5 Å². The maximum Gasteiger partial charge on any atom is 0.228 e. The highest BCUT2D eigenvalue weighted by Gasteiger charge is 2.18. The van der Waals surface area contributed by atoms with Gasteiger partial charge in [0.15, 0.2) is 0 Å². The molecule has 2 aromatic rings. The standard InChI is InChI=1S/C13H16N4O2/c1-9-7-14-3-2-11(9)13-16-12(19-17-13)6-10-8-18-5-4-15-10/h2-3,7,10,15H,4-6,8H2,1H3. The minimum atomic E-state index is 0.251. The Morgan fingerprint density at radius 2 is 2.42 bits per heavy atom. The van der Waals surface area contributed by atoms with Crippen LogP contribution < -0.4 is 5.32 Å². The van der Waals surface area contributed by atoms with E-state index in [2.05, 4.69) is 20.4 Å². The van der Waals surface area contributed by atoms with Crippen molar-refractivity contribution in [2.75, 3.05) is 19.8 Å². The number of hydrogen-bond donors (Lipinski definition) is 1. The second kappa shape index (κ2) is 5.46. The maximum absolute atomic E-state index is 5.40. The van der Waals surface area contributed by atoms with Crippen LogP contribution in [0.5, 0.6) is 0 Å². The Labute approximate surface area is 111 Å². The second-order valence-electron chi connectivity index (χ2n) is 4.63. The number of ether oxygens (including phenoxy) is 1. The largest absolute Gasteiger partial charge is 0.378 e. The van der Waals surface area contributed by atoms with Crippen molar-refractivity contribution in [1.29, 1.82) is 0 Å². The summed E-state index contributed by atoms with van der Waals surface area (Å²) in [7, 11) is 0. The first kappa shape index (κ1) is 12.3. The van der Waals surface area contributed by atoms with E-state index in [-0.39, 0.29) is 6.04 Å². The molecule has 1 N–H and O–H groups in total.